The fourth-order valence-corrected chi connectivity index (χ4v) is 17.9. The van der Waals surface area contributed by atoms with E-state index in [4.69, 9.17) is 0 Å². The Bertz CT molecular complexity index is 3330. The average Bonchev–Trinajstić information content (AvgIpc) is 3.95. The molecule has 0 aromatic heterocycles. The number of nitrogens with zero attached hydrogens (tertiary/aromatic N) is 1. The highest BCUT2D eigenvalue weighted by Gasteiger charge is 2.55. The van der Waals surface area contributed by atoms with Gasteiger partial charge in [-0.05, 0) is 135 Å². The SMILES string of the molecule is c1ccc(-c2ccc3c(c2)C2(c4ccccc4-c4ccccc42)c2cc(-c4ccccc4)ccc2N3c2ccc3c(c2)[Si]2(c4ccccc4-c4ccccc42)c2ccccc2-3)cc1. The van der Waals surface area contributed by atoms with Crippen molar-refractivity contribution in [3.63, 3.8) is 0 Å². The fraction of sp³-hybridized carbons (Fsp3) is 0.0164. The minimum Gasteiger partial charge on any atom is -0.310 e. The van der Waals surface area contributed by atoms with E-state index < -0.39 is 13.5 Å². The van der Waals surface area contributed by atoms with Crippen molar-refractivity contribution >= 4 is 45.9 Å². The highest BCUT2D eigenvalue weighted by atomic mass is 28.3. The first-order chi connectivity index (χ1) is 31.3. The van der Waals surface area contributed by atoms with Crippen LogP contribution in [0.3, 0.4) is 0 Å². The number of benzene rings is 10. The Hall–Kier alpha value is -7.78. The van der Waals surface area contributed by atoms with E-state index in [0.717, 1.165) is 0 Å². The summed E-state index contributed by atoms with van der Waals surface area (Å²) in [6, 6.07) is 89.8. The van der Waals surface area contributed by atoms with Crippen LogP contribution in [0.25, 0.3) is 55.6 Å². The Morgan fingerprint density at radius 2 is 0.667 bits per heavy atom. The third-order valence-corrected chi connectivity index (χ3v) is 19.6. The molecule has 10 aromatic carbocycles. The normalized spacial score (nSPS) is 14.6. The number of rotatable bonds is 3. The zero-order valence-corrected chi connectivity index (χ0v) is 35.5. The van der Waals surface area contributed by atoms with Crippen molar-refractivity contribution in [3.05, 3.63) is 259 Å². The van der Waals surface area contributed by atoms with Crippen molar-refractivity contribution in [3.8, 4) is 55.6 Å². The minimum absolute atomic E-state index is 0.573. The van der Waals surface area contributed by atoms with Gasteiger partial charge >= 0.3 is 0 Å². The summed E-state index contributed by atoms with van der Waals surface area (Å²) in [6.07, 6.45) is 0. The monoisotopic (exact) mass is 813 g/mol. The molecule has 3 heterocycles. The van der Waals surface area contributed by atoms with Gasteiger partial charge in [0.2, 0.25) is 0 Å². The summed E-state index contributed by atoms with van der Waals surface area (Å²) >= 11 is 0. The van der Waals surface area contributed by atoms with Crippen LogP contribution < -0.4 is 25.6 Å². The molecule has 0 fully saturated rings. The van der Waals surface area contributed by atoms with Gasteiger partial charge in [-0.3, -0.25) is 0 Å². The number of anilines is 3. The molecule has 292 valence electrons. The lowest BCUT2D eigenvalue weighted by Gasteiger charge is -2.45. The van der Waals surface area contributed by atoms with E-state index in [1.165, 1.54) is 116 Å². The number of hydrogen-bond donors (Lipinski definition) is 0. The smallest absolute Gasteiger partial charge is 0.182 e. The zero-order valence-electron chi connectivity index (χ0n) is 34.5. The Morgan fingerprint density at radius 1 is 0.270 bits per heavy atom. The van der Waals surface area contributed by atoms with Gasteiger partial charge in [0, 0.05) is 5.69 Å². The van der Waals surface area contributed by atoms with Gasteiger partial charge in [0.25, 0.3) is 0 Å². The minimum atomic E-state index is -2.69. The molecule has 0 atom stereocenters. The molecule has 2 heteroatoms. The van der Waals surface area contributed by atoms with Crippen LogP contribution in [0, 0.1) is 0 Å². The molecular formula is C61H39NSi. The molecule has 1 nitrogen and oxygen atoms in total. The lowest BCUT2D eigenvalue weighted by molar-refractivity contribution is 0.753. The Morgan fingerprint density at radius 3 is 1.14 bits per heavy atom. The lowest BCUT2D eigenvalue weighted by Crippen LogP contribution is -2.70. The summed E-state index contributed by atoms with van der Waals surface area (Å²) in [6.45, 7) is 0. The van der Waals surface area contributed by atoms with E-state index >= 15 is 0 Å². The molecule has 0 saturated heterocycles. The molecule has 10 aromatic rings. The van der Waals surface area contributed by atoms with E-state index in [-0.39, 0.29) is 0 Å². The summed E-state index contributed by atoms with van der Waals surface area (Å²) < 4.78 is 0. The second-order valence-electron chi connectivity index (χ2n) is 17.5. The van der Waals surface area contributed by atoms with Crippen LogP contribution in [0.4, 0.5) is 17.1 Å². The van der Waals surface area contributed by atoms with E-state index in [1.54, 1.807) is 0 Å². The van der Waals surface area contributed by atoms with Gasteiger partial charge in [-0.15, -0.1) is 0 Å². The van der Waals surface area contributed by atoms with Gasteiger partial charge < -0.3 is 4.90 Å². The highest BCUT2D eigenvalue weighted by molar-refractivity contribution is 7.24. The van der Waals surface area contributed by atoms with Crippen LogP contribution in [-0.2, 0) is 5.41 Å². The van der Waals surface area contributed by atoms with E-state index in [2.05, 4.69) is 241 Å². The molecule has 0 amide bonds. The van der Waals surface area contributed by atoms with Gasteiger partial charge in [-0.1, -0.05) is 200 Å². The molecule has 0 N–H and O–H groups in total. The maximum absolute atomic E-state index is 2.69. The third kappa shape index (κ3) is 4.45. The van der Waals surface area contributed by atoms with E-state index in [0.29, 0.717) is 0 Å². The molecule has 0 saturated carbocycles. The van der Waals surface area contributed by atoms with Crippen LogP contribution in [0.15, 0.2) is 237 Å². The van der Waals surface area contributed by atoms with Crippen LogP contribution in [-0.4, -0.2) is 8.07 Å². The first-order valence-corrected chi connectivity index (χ1v) is 24.1. The van der Waals surface area contributed by atoms with Crippen molar-refractivity contribution in [2.45, 2.75) is 5.41 Å². The molecule has 1 aliphatic carbocycles. The van der Waals surface area contributed by atoms with Crippen LogP contribution in [0.5, 0.6) is 0 Å². The molecule has 2 spiro atoms. The van der Waals surface area contributed by atoms with Gasteiger partial charge in [-0.2, -0.15) is 0 Å². The average molecular weight is 814 g/mol. The first-order valence-electron chi connectivity index (χ1n) is 22.1. The van der Waals surface area contributed by atoms with Crippen LogP contribution >= 0.6 is 0 Å². The van der Waals surface area contributed by atoms with Crippen molar-refractivity contribution in [1.29, 1.82) is 0 Å². The number of fused-ring (bicyclic) bond motifs is 19. The first kappa shape index (κ1) is 34.9. The Kier molecular flexibility index (Phi) is 7.13. The fourth-order valence-electron chi connectivity index (χ4n) is 12.3. The largest absolute Gasteiger partial charge is 0.310 e. The molecule has 3 aliphatic heterocycles. The van der Waals surface area contributed by atoms with Gasteiger partial charge in [0.1, 0.15) is 0 Å². The predicted octanol–water partition coefficient (Wildman–Crippen LogP) is 12.5. The summed E-state index contributed by atoms with van der Waals surface area (Å²) in [5.41, 5.74) is 21.2. The molecule has 63 heavy (non-hydrogen) atoms. The molecular weight excluding hydrogens is 775 g/mol. The molecule has 0 radical (unpaired) electrons. The van der Waals surface area contributed by atoms with E-state index in [1.807, 2.05) is 0 Å². The third-order valence-electron chi connectivity index (χ3n) is 14.7. The Balaban J connectivity index is 1.10. The quantitative estimate of drug-likeness (QED) is 0.161. The second-order valence-corrected chi connectivity index (χ2v) is 21.1. The Labute approximate surface area is 368 Å². The molecule has 4 aliphatic rings. The lowest BCUT2D eigenvalue weighted by atomic mass is 9.64. The standard InChI is InChI=1S/C61H39NSi/c1-3-17-40(18-4-1)42-31-35-55-53(37-42)61(51-26-12-7-21-45(51)46-22-8-13-27-52(46)61)54-38-43(41-19-5-2-6-20-41)32-36-56(54)62(55)44-33-34-50-49-25-11-16-30-59(49)63(60(50)39-44)57-28-14-9-23-47(57)48-24-10-15-29-58(48)63/h1-39H. The van der Waals surface area contributed by atoms with Crippen LogP contribution in [0.2, 0.25) is 0 Å². The van der Waals surface area contributed by atoms with Crippen molar-refractivity contribution in [2.75, 3.05) is 4.90 Å². The van der Waals surface area contributed by atoms with Gasteiger partial charge in [0.15, 0.2) is 8.07 Å². The zero-order chi connectivity index (χ0) is 41.3. The molecule has 0 bridgehead atoms. The van der Waals surface area contributed by atoms with E-state index in [9.17, 15) is 0 Å². The molecule has 0 unspecified atom stereocenters. The maximum atomic E-state index is 2.60. The summed E-state index contributed by atoms with van der Waals surface area (Å²) in [7, 11) is -2.69. The number of hydrogen-bond acceptors (Lipinski definition) is 1. The summed E-state index contributed by atoms with van der Waals surface area (Å²) in [5.74, 6) is 0. The molecule has 14 rings (SSSR count). The van der Waals surface area contributed by atoms with Crippen molar-refractivity contribution in [2.24, 2.45) is 0 Å². The summed E-state index contributed by atoms with van der Waals surface area (Å²) in [5, 5.41) is 5.95. The predicted molar refractivity (Wildman–Crippen MR) is 264 cm³/mol. The van der Waals surface area contributed by atoms with Crippen molar-refractivity contribution < 1.29 is 0 Å². The van der Waals surface area contributed by atoms with Crippen LogP contribution in [0.1, 0.15) is 22.3 Å². The van der Waals surface area contributed by atoms with Gasteiger partial charge in [-0.25, -0.2) is 0 Å². The highest BCUT2D eigenvalue weighted by Crippen LogP contribution is 2.64. The summed E-state index contributed by atoms with van der Waals surface area (Å²) in [4.78, 5) is 2.60. The van der Waals surface area contributed by atoms with Gasteiger partial charge in [0.05, 0.1) is 16.8 Å². The topological polar surface area (TPSA) is 3.24 Å². The second kappa shape index (κ2) is 12.9. The maximum Gasteiger partial charge on any atom is 0.182 e. The van der Waals surface area contributed by atoms with Crippen molar-refractivity contribution in [1.82, 2.24) is 0 Å².